The van der Waals surface area contributed by atoms with Gasteiger partial charge in [0.1, 0.15) is 60.1 Å². The molecule has 33 heteroatoms. The molecule has 2 fully saturated rings. The van der Waals surface area contributed by atoms with Crippen LogP contribution in [-0.4, -0.2) is 189 Å². The zero-order chi connectivity index (χ0) is 68.3. The van der Waals surface area contributed by atoms with E-state index in [2.05, 4.69) is 63.1 Å². The molecule has 31 nitrogen and oxygen atoms in total. The van der Waals surface area contributed by atoms with E-state index in [1.165, 1.54) is 41.6 Å². The Kier molecular flexibility index (Phi) is 29.6. The Balaban J connectivity index is 1.63. The molecular weight excluding hydrogens is 1250 g/mol. The number of benzene rings is 2. The van der Waals surface area contributed by atoms with E-state index in [9.17, 15) is 67.7 Å². The van der Waals surface area contributed by atoms with Crippen LogP contribution >= 0.6 is 21.6 Å². The van der Waals surface area contributed by atoms with E-state index in [1.54, 1.807) is 76.4 Å². The van der Waals surface area contributed by atoms with Crippen molar-refractivity contribution in [3.8, 4) is 11.9 Å². The number of pyridine rings is 1. The summed E-state index contributed by atoms with van der Waals surface area (Å²) in [6, 6.07) is 2.63. The fraction of sp³-hybridized carbons (Fsp3) is 0.483. The molecule has 0 saturated carbocycles. The molecule has 11 amide bonds. The lowest BCUT2D eigenvalue weighted by Crippen LogP contribution is -2.61. The number of nitriles is 1. The molecule has 1 aromatic heterocycles. The van der Waals surface area contributed by atoms with Gasteiger partial charge in [0, 0.05) is 56.3 Å². The number of nitrogens with zero attached hydrogens (tertiary/aromatic N) is 4. The van der Waals surface area contributed by atoms with Gasteiger partial charge in [0.25, 0.3) is 0 Å². The van der Waals surface area contributed by atoms with Crippen molar-refractivity contribution in [2.24, 2.45) is 34.0 Å². The van der Waals surface area contributed by atoms with E-state index in [0.717, 1.165) is 21.6 Å². The maximum absolute atomic E-state index is 15.0. The van der Waals surface area contributed by atoms with E-state index in [0.29, 0.717) is 23.1 Å². The number of rotatable bonds is 21. The lowest BCUT2D eigenvalue weighted by atomic mass is 10.0. The van der Waals surface area contributed by atoms with Gasteiger partial charge in [0.15, 0.2) is 6.19 Å². The van der Waals surface area contributed by atoms with Crippen molar-refractivity contribution in [1.29, 1.82) is 5.26 Å². The molecule has 93 heavy (non-hydrogen) atoms. The molecule has 5 rings (SSSR count). The Morgan fingerprint density at radius 3 is 2.04 bits per heavy atom. The average Bonchev–Trinajstić information content (AvgIpc) is 1.89. The fourth-order valence-corrected chi connectivity index (χ4v) is 12.0. The number of aliphatic imine (C=N–C) groups is 1. The van der Waals surface area contributed by atoms with Crippen LogP contribution in [0.25, 0.3) is 0 Å². The van der Waals surface area contributed by atoms with E-state index in [-0.39, 0.29) is 69.1 Å². The summed E-state index contributed by atoms with van der Waals surface area (Å²) in [7, 11) is 1.75. The SMILES string of the molecule is CC(C)[C@H](N)C(=O)N[C@@H](Cc1ccc(O)cc1)C(=O)N[C@H]1CSSC[C@@H](C(=O)N[C@@H](Cc2cccnc2)C(N)=O)NC(=O)[C@H](Cc2ccccc2)NC(=O)[C@@H]2CCCN2C(=O)CNC(=O)[C@H](C(C)C)NC(=O)[C@H](CC(=O)O)NC(=O)[C@H](CCCN=C(N)NC#N)NC1=O. The number of aliphatic carboxylic acids is 1. The summed E-state index contributed by atoms with van der Waals surface area (Å²) in [4.78, 5) is 178. The molecule has 0 radical (unpaired) electrons. The van der Waals surface area contributed by atoms with Crippen molar-refractivity contribution in [3.05, 3.63) is 95.8 Å². The first kappa shape index (κ1) is 74.2. The molecule has 18 N–H and O–H groups in total. The van der Waals surface area contributed by atoms with Crippen LogP contribution < -0.4 is 70.4 Å². The van der Waals surface area contributed by atoms with Crippen molar-refractivity contribution >= 4 is 98.5 Å². The zero-order valence-corrected chi connectivity index (χ0v) is 53.4. The van der Waals surface area contributed by atoms with Crippen LogP contribution in [0, 0.1) is 23.3 Å². The van der Waals surface area contributed by atoms with Gasteiger partial charge < -0.3 is 80.2 Å². The van der Waals surface area contributed by atoms with E-state index < -0.39 is 162 Å². The molecule has 10 atom stereocenters. The smallest absolute Gasteiger partial charge is 0.305 e. The first-order valence-corrected chi connectivity index (χ1v) is 32.4. The van der Waals surface area contributed by atoms with Crippen LogP contribution in [0.2, 0.25) is 0 Å². The second kappa shape index (κ2) is 37.1. The van der Waals surface area contributed by atoms with Crippen LogP contribution in [0.1, 0.15) is 76.5 Å². The molecule has 0 aliphatic carbocycles. The third kappa shape index (κ3) is 24.2. The number of phenolic OH excluding ortho intramolecular Hbond substituents is 1. The lowest BCUT2D eigenvalue weighted by Gasteiger charge is -2.29. The number of nitrogens with one attached hydrogen (secondary N) is 10. The number of carboxylic acids is 1. The highest BCUT2D eigenvalue weighted by Crippen LogP contribution is 2.25. The highest BCUT2D eigenvalue weighted by Gasteiger charge is 2.39. The molecule has 3 heterocycles. The van der Waals surface area contributed by atoms with Gasteiger partial charge in [-0.1, -0.05) is 97.8 Å². The standard InChI is InChI=1S/C60H81N17O14S2/c1-32(2)48(62)58(90)73-41(24-35-16-18-37(78)19-17-35)53(85)74-43-29-92-93-30-44(56(88)70-39(50(63)82)25-36-13-8-20-65-27-36)75-52(84)40(23-34-11-6-5-7-12-34)72-57(89)45-15-10-22-77(45)46(79)28-67-59(91)49(33(3)4)76-54(86)42(26-47(80)81)71-51(83)38(69-55(43)87)14-9-21-66-60(64)68-31-61/h5-8,11-13,16-20,27,32-33,38-45,48-49,78H,9-10,14-15,21-26,28-30,62H2,1-4H3,(H2,63,82)(H,67,91)(H,69,87)(H,70,88)(H,71,83)(H,72,89)(H,73,90)(H,74,85)(H,75,84)(H,76,86)(H,80,81)(H3,64,66,68)/t38-,39-,40-,41-,42-,43-,44-,45-,48-,49-/m0/s1. The zero-order valence-electron chi connectivity index (χ0n) is 51.8. The van der Waals surface area contributed by atoms with Crippen molar-refractivity contribution < 1.29 is 67.7 Å². The van der Waals surface area contributed by atoms with E-state index in [1.807, 2.05) is 0 Å². The number of carboxylic acid groups (broad SMARTS) is 1. The fourth-order valence-electron chi connectivity index (χ4n) is 9.66. The summed E-state index contributed by atoms with van der Waals surface area (Å²) in [6.45, 7) is 5.65. The molecular formula is C60H81N17O14S2. The van der Waals surface area contributed by atoms with Gasteiger partial charge in [-0.15, -0.1) is 0 Å². The predicted octanol–water partition coefficient (Wildman–Crippen LogP) is -3.04. The number of aromatic hydroxyl groups is 1. The number of fused-ring (bicyclic) bond motifs is 1. The van der Waals surface area contributed by atoms with Gasteiger partial charge in [-0.2, -0.15) is 5.26 Å². The second-order valence-corrected chi connectivity index (χ2v) is 25.3. The minimum Gasteiger partial charge on any atom is -0.508 e. The Morgan fingerprint density at radius 1 is 0.753 bits per heavy atom. The maximum atomic E-state index is 15.0. The van der Waals surface area contributed by atoms with E-state index >= 15 is 0 Å². The number of hydrogen-bond acceptors (Lipinski definition) is 19. The van der Waals surface area contributed by atoms with Crippen molar-refractivity contribution in [2.45, 2.75) is 139 Å². The van der Waals surface area contributed by atoms with Crippen LogP contribution in [0.5, 0.6) is 5.75 Å². The summed E-state index contributed by atoms with van der Waals surface area (Å²) >= 11 is 0. The van der Waals surface area contributed by atoms with Crippen LogP contribution in [0.3, 0.4) is 0 Å². The highest BCUT2D eigenvalue weighted by molar-refractivity contribution is 8.76. The summed E-state index contributed by atoms with van der Waals surface area (Å²) in [5, 5.41) is 54.5. The van der Waals surface area contributed by atoms with Gasteiger partial charge in [-0.05, 0) is 72.4 Å². The number of hydrogen-bond donors (Lipinski definition) is 15. The molecule has 2 aliphatic heterocycles. The lowest BCUT2D eigenvalue weighted by molar-refractivity contribution is -0.142. The molecule has 0 spiro atoms. The molecule has 502 valence electrons. The Bertz CT molecular complexity index is 3200. The van der Waals surface area contributed by atoms with Gasteiger partial charge >= 0.3 is 5.97 Å². The number of aromatic nitrogens is 1. The maximum Gasteiger partial charge on any atom is 0.305 e. The van der Waals surface area contributed by atoms with E-state index in [4.69, 9.17) is 22.5 Å². The quantitative estimate of drug-likeness (QED) is 0.0126. The minimum absolute atomic E-state index is 0.0655. The number of carbonyl (C=O) groups is 12. The molecule has 2 saturated heterocycles. The predicted molar refractivity (Wildman–Crippen MR) is 342 cm³/mol. The topological polar surface area (TPSA) is 496 Å². The third-order valence-electron chi connectivity index (χ3n) is 14.9. The summed E-state index contributed by atoms with van der Waals surface area (Å²) in [5.74, 6) is -14.1. The minimum atomic E-state index is -1.92. The molecule has 2 aliphatic rings. The largest absolute Gasteiger partial charge is 0.508 e. The summed E-state index contributed by atoms with van der Waals surface area (Å²) in [6.07, 6.45) is 3.11. The third-order valence-corrected chi connectivity index (χ3v) is 17.3. The monoisotopic (exact) mass is 1330 g/mol. The number of nitrogens with two attached hydrogens (primary N) is 3. The second-order valence-electron chi connectivity index (χ2n) is 22.7. The van der Waals surface area contributed by atoms with Crippen LogP contribution in [0.4, 0.5) is 0 Å². The van der Waals surface area contributed by atoms with Gasteiger partial charge in [0.05, 0.1) is 19.0 Å². The van der Waals surface area contributed by atoms with Crippen LogP contribution in [0.15, 0.2) is 84.1 Å². The average molecular weight is 1330 g/mol. The number of carbonyl (C=O) groups excluding carboxylic acids is 11. The number of guanidine groups is 1. The number of amides is 11. The van der Waals surface area contributed by atoms with Crippen molar-refractivity contribution in [1.82, 2.24) is 63.1 Å². The Hall–Kier alpha value is -9.55. The van der Waals surface area contributed by atoms with Crippen LogP contribution in [-0.2, 0) is 76.8 Å². The molecule has 0 unspecified atom stereocenters. The summed E-state index contributed by atoms with van der Waals surface area (Å²) in [5.41, 5.74) is 19.3. The van der Waals surface area contributed by atoms with Crippen molar-refractivity contribution in [3.63, 3.8) is 0 Å². The Labute approximate surface area is 544 Å². The molecule has 3 aromatic rings. The van der Waals surface area contributed by atoms with Gasteiger partial charge in [0.2, 0.25) is 70.9 Å². The van der Waals surface area contributed by atoms with Gasteiger partial charge in [-0.3, -0.25) is 72.8 Å². The Morgan fingerprint density at radius 2 is 1.40 bits per heavy atom. The normalized spacial score (nSPS) is 22.0. The van der Waals surface area contributed by atoms with Gasteiger partial charge in [-0.25, -0.2) is 0 Å². The molecule has 0 bridgehead atoms. The number of phenols is 1. The van der Waals surface area contributed by atoms with Crippen molar-refractivity contribution in [2.75, 3.05) is 31.1 Å². The first-order valence-electron chi connectivity index (χ1n) is 29.9. The first-order chi connectivity index (χ1) is 44.2. The molecule has 2 aromatic carbocycles. The highest BCUT2D eigenvalue weighted by atomic mass is 33.1. The summed E-state index contributed by atoms with van der Waals surface area (Å²) < 4.78 is 0. The number of primary amides is 1.